The van der Waals surface area contributed by atoms with Crippen molar-refractivity contribution < 1.29 is 4.39 Å². The SMILES string of the molecule is CCN1C=NN(CC)C1F. The summed E-state index contributed by atoms with van der Waals surface area (Å²) in [6.45, 7) is 5.07. The molecule has 0 spiro atoms. The maximum Gasteiger partial charge on any atom is 0.265 e. The zero-order valence-corrected chi connectivity index (χ0v) is 6.29. The molecular formula is C6H12FN3. The van der Waals surface area contributed by atoms with E-state index in [0.717, 1.165) is 0 Å². The normalized spacial score (nSPS) is 24.5. The highest BCUT2D eigenvalue weighted by Crippen LogP contribution is 2.11. The minimum absolute atomic E-state index is 0.619. The fourth-order valence-electron chi connectivity index (χ4n) is 0.878. The number of hydrogen-bond donors (Lipinski definition) is 0. The van der Waals surface area contributed by atoms with Crippen LogP contribution >= 0.6 is 0 Å². The summed E-state index contributed by atoms with van der Waals surface area (Å²) in [4.78, 5) is 1.55. The molecule has 3 nitrogen and oxygen atoms in total. The van der Waals surface area contributed by atoms with Gasteiger partial charge in [0.15, 0.2) is 0 Å². The largest absolute Gasteiger partial charge is 0.313 e. The molecule has 0 fully saturated rings. The number of nitrogens with zero attached hydrogens (tertiary/aromatic N) is 3. The number of hydrazone groups is 1. The van der Waals surface area contributed by atoms with Crippen LogP contribution in [0.5, 0.6) is 0 Å². The lowest BCUT2D eigenvalue weighted by molar-refractivity contribution is 0.0217. The molecule has 0 bridgehead atoms. The molecule has 58 valence electrons. The number of rotatable bonds is 2. The van der Waals surface area contributed by atoms with Crippen molar-refractivity contribution in [3.8, 4) is 0 Å². The fraction of sp³-hybridized carbons (Fsp3) is 0.833. The van der Waals surface area contributed by atoms with Gasteiger partial charge in [-0.2, -0.15) is 9.49 Å². The molecule has 1 rings (SSSR count). The Hall–Kier alpha value is -0.800. The molecule has 0 aliphatic carbocycles. The highest BCUT2D eigenvalue weighted by molar-refractivity contribution is 5.56. The lowest BCUT2D eigenvalue weighted by Gasteiger charge is -2.20. The van der Waals surface area contributed by atoms with E-state index < -0.39 is 6.42 Å². The standard InChI is InChI=1S/C6H12FN3/c1-3-9-5-8-10(4-2)6(9)7/h5-6H,3-4H2,1-2H3. The molecule has 0 aromatic heterocycles. The van der Waals surface area contributed by atoms with Crippen molar-refractivity contribution in [2.75, 3.05) is 13.1 Å². The van der Waals surface area contributed by atoms with Gasteiger partial charge in [-0.05, 0) is 13.8 Å². The molecule has 0 aromatic rings. The van der Waals surface area contributed by atoms with Gasteiger partial charge in [0.05, 0.1) is 0 Å². The van der Waals surface area contributed by atoms with Gasteiger partial charge >= 0.3 is 0 Å². The second-order valence-electron chi connectivity index (χ2n) is 2.13. The van der Waals surface area contributed by atoms with Crippen molar-refractivity contribution in [2.45, 2.75) is 20.3 Å². The molecule has 0 N–H and O–H groups in total. The van der Waals surface area contributed by atoms with E-state index in [9.17, 15) is 4.39 Å². The smallest absolute Gasteiger partial charge is 0.265 e. The maximum absolute atomic E-state index is 13.0. The van der Waals surface area contributed by atoms with Gasteiger partial charge in [0.2, 0.25) is 0 Å². The molecule has 0 saturated heterocycles. The summed E-state index contributed by atoms with van der Waals surface area (Å²) in [5, 5.41) is 5.25. The number of alkyl halides is 1. The summed E-state index contributed by atoms with van der Waals surface area (Å²) >= 11 is 0. The third kappa shape index (κ3) is 1.05. The summed E-state index contributed by atoms with van der Waals surface area (Å²) < 4.78 is 13.0. The molecule has 1 aliphatic heterocycles. The maximum atomic E-state index is 13.0. The van der Waals surface area contributed by atoms with E-state index >= 15 is 0 Å². The zero-order valence-electron chi connectivity index (χ0n) is 6.29. The van der Waals surface area contributed by atoms with Crippen molar-refractivity contribution in [1.29, 1.82) is 0 Å². The fourth-order valence-corrected chi connectivity index (χ4v) is 0.878. The van der Waals surface area contributed by atoms with E-state index in [-0.39, 0.29) is 0 Å². The van der Waals surface area contributed by atoms with Crippen molar-refractivity contribution >= 4 is 6.34 Å². The van der Waals surface area contributed by atoms with Crippen molar-refractivity contribution in [2.24, 2.45) is 5.10 Å². The summed E-state index contributed by atoms with van der Waals surface area (Å²) in [6.07, 6.45) is 0.490. The average molecular weight is 145 g/mol. The van der Waals surface area contributed by atoms with Gasteiger partial charge in [-0.25, -0.2) is 5.01 Å². The van der Waals surface area contributed by atoms with E-state index in [1.807, 2.05) is 13.8 Å². The third-order valence-electron chi connectivity index (χ3n) is 1.56. The van der Waals surface area contributed by atoms with Crippen molar-refractivity contribution in [1.82, 2.24) is 9.91 Å². The molecule has 0 saturated carbocycles. The van der Waals surface area contributed by atoms with Gasteiger partial charge in [-0.1, -0.05) is 0 Å². The Labute approximate surface area is 60.1 Å². The summed E-state index contributed by atoms with van der Waals surface area (Å²) in [5.74, 6) is 0. The molecular weight excluding hydrogens is 133 g/mol. The highest BCUT2D eigenvalue weighted by atomic mass is 19.1. The van der Waals surface area contributed by atoms with Crippen LogP contribution in [-0.4, -0.2) is 35.8 Å². The van der Waals surface area contributed by atoms with Crippen LogP contribution in [0.25, 0.3) is 0 Å². The molecule has 1 aliphatic rings. The van der Waals surface area contributed by atoms with Crippen LogP contribution in [0.3, 0.4) is 0 Å². The lowest BCUT2D eigenvalue weighted by Crippen LogP contribution is -2.35. The molecule has 1 atom stereocenters. The summed E-state index contributed by atoms with van der Waals surface area (Å²) in [6, 6.07) is 0. The molecule has 0 aromatic carbocycles. The zero-order chi connectivity index (χ0) is 7.56. The van der Waals surface area contributed by atoms with E-state index in [2.05, 4.69) is 5.10 Å². The van der Waals surface area contributed by atoms with Crippen LogP contribution in [0.1, 0.15) is 13.8 Å². The van der Waals surface area contributed by atoms with Gasteiger partial charge in [-0.15, -0.1) is 0 Å². The summed E-state index contributed by atoms with van der Waals surface area (Å²) in [7, 11) is 0. The first kappa shape index (κ1) is 7.31. The Morgan fingerprint density at radius 2 is 2.20 bits per heavy atom. The first-order chi connectivity index (χ1) is 4.79. The Morgan fingerprint density at radius 1 is 1.50 bits per heavy atom. The lowest BCUT2D eigenvalue weighted by atomic mass is 10.6. The van der Waals surface area contributed by atoms with Crippen molar-refractivity contribution in [3.05, 3.63) is 0 Å². The van der Waals surface area contributed by atoms with Gasteiger partial charge < -0.3 is 4.90 Å². The van der Waals surface area contributed by atoms with Crippen LogP contribution < -0.4 is 0 Å². The number of halogens is 1. The van der Waals surface area contributed by atoms with Crippen LogP contribution in [0, 0.1) is 0 Å². The van der Waals surface area contributed by atoms with Gasteiger partial charge in [0, 0.05) is 13.1 Å². The molecule has 0 amide bonds. The molecule has 1 unspecified atom stereocenters. The second-order valence-corrected chi connectivity index (χ2v) is 2.13. The van der Waals surface area contributed by atoms with Crippen molar-refractivity contribution in [3.63, 3.8) is 0 Å². The predicted molar refractivity (Wildman–Crippen MR) is 38.1 cm³/mol. The van der Waals surface area contributed by atoms with Crippen LogP contribution in [0.15, 0.2) is 5.10 Å². The first-order valence-corrected chi connectivity index (χ1v) is 3.50. The Balaban J connectivity index is 2.49. The molecule has 4 heteroatoms. The topological polar surface area (TPSA) is 18.8 Å². The number of hydrogen-bond acceptors (Lipinski definition) is 3. The van der Waals surface area contributed by atoms with Gasteiger partial charge in [0.1, 0.15) is 6.34 Å². The monoisotopic (exact) mass is 145 g/mol. The van der Waals surface area contributed by atoms with Gasteiger partial charge in [0.25, 0.3) is 6.42 Å². The summed E-state index contributed by atoms with van der Waals surface area (Å²) in [5.41, 5.74) is 0. The van der Waals surface area contributed by atoms with Crippen LogP contribution in [-0.2, 0) is 0 Å². The Bertz CT molecular complexity index is 123. The molecule has 1 heterocycles. The second kappa shape index (κ2) is 2.86. The van der Waals surface area contributed by atoms with E-state index in [1.54, 1.807) is 4.90 Å². The average Bonchev–Trinajstić information content (AvgIpc) is 2.30. The first-order valence-electron chi connectivity index (χ1n) is 3.50. The van der Waals surface area contributed by atoms with Gasteiger partial charge in [-0.3, -0.25) is 0 Å². The highest BCUT2D eigenvalue weighted by Gasteiger charge is 2.23. The van der Waals surface area contributed by atoms with Crippen LogP contribution in [0.2, 0.25) is 0 Å². The Kier molecular flexibility index (Phi) is 2.09. The third-order valence-corrected chi connectivity index (χ3v) is 1.56. The minimum atomic E-state index is -1.05. The quantitative estimate of drug-likeness (QED) is 0.536. The van der Waals surface area contributed by atoms with Crippen LogP contribution in [0.4, 0.5) is 4.39 Å². The van der Waals surface area contributed by atoms with E-state index in [4.69, 9.17) is 0 Å². The molecule has 10 heavy (non-hydrogen) atoms. The molecule has 0 radical (unpaired) electrons. The Morgan fingerprint density at radius 3 is 2.50 bits per heavy atom. The van der Waals surface area contributed by atoms with E-state index in [0.29, 0.717) is 13.1 Å². The van der Waals surface area contributed by atoms with E-state index in [1.165, 1.54) is 11.3 Å². The minimum Gasteiger partial charge on any atom is -0.313 e. The predicted octanol–water partition coefficient (Wildman–Crippen LogP) is 0.840.